The molecule has 0 saturated heterocycles. The van der Waals surface area contributed by atoms with E-state index in [1.54, 1.807) is 7.11 Å². The Kier molecular flexibility index (Phi) is 5.25. The highest BCUT2D eigenvalue weighted by molar-refractivity contribution is 6.30. The number of carbonyl (C=O) groups excluding carboxylic acids is 1. The van der Waals surface area contributed by atoms with Crippen molar-refractivity contribution in [2.45, 2.75) is 31.6 Å². The molecule has 146 valence electrons. The summed E-state index contributed by atoms with van der Waals surface area (Å²) in [6, 6.07) is 17.7. The molecule has 0 saturated carbocycles. The Morgan fingerprint density at radius 2 is 1.72 bits per heavy atom. The molecule has 1 aliphatic heterocycles. The normalized spacial score (nSPS) is 23.9. The molecule has 0 amide bonds. The number of hydrogen-bond acceptors (Lipinski definition) is 4. The number of benzene rings is 2. The van der Waals surface area contributed by atoms with Gasteiger partial charge < -0.3 is 4.74 Å². The maximum atomic E-state index is 13.3. The van der Waals surface area contributed by atoms with Gasteiger partial charge in [-0.1, -0.05) is 35.9 Å². The van der Waals surface area contributed by atoms with Gasteiger partial charge in [-0.25, -0.2) is 0 Å². The van der Waals surface area contributed by atoms with E-state index in [0.717, 1.165) is 28.3 Å². The smallest absolute Gasteiger partial charge is 0.161 e. The molecule has 5 heteroatoms. The molecule has 0 spiro atoms. The van der Waals surface area contributed by atoms with Crippen LogP contribution in [0.3, 0.4) is 0 Å². The van der Waals surface area contributed by atoms with Gasteiger partial charge in [-0.05, 0) is 54.7 Å². The fraction of sp³-hybridized carbons (Fsp3) is 0.292. The molecule has 2 aromatic rings. The quantitative estimate of drug-likeness (QED) is 0.683. The van der Waals surface area contributed by atoms with E-state index in [1.807, 2.05) is 55.5 Å². The van der Waals surface area contributed by atoms with Crippen molar-refractivity contribution in [2.75, 3.05) is 7.11 Å². The Labute approximate surface area is 175 Å². The van der Waals surface area contributed by atoms with Gasteiger partial charge in [-0.2, -0.15) is 5.26 Å². The van der Waals surface area contributed by atoms with Crippen molar-refractivity contribution in [1.82, 2.24) is 0 Å². The Bertz CT molecular complexity index is 1050. The number of ketones is 1. The van der Waals surface area contributed by atoms with Gasteiger partial charge in [0.25, 0.3) is 0 Å². The van der Waals surface area contributed by atoms with Crippen molar-refractivity contribution < 1.29 is 9.53 Å². The van der Waals surface area contributed by atoms with Gasteiger partial charge in [0, 0.05) is 34.3 Å². The fourth-order valence-electron chi connectivity index (χ4n) is 4.37. The molecular weight excluding hydrogens is 384 g/mol. The molecule has 4 nitrogen and oxygen atoms in total. The second kappa shape index (κ2) is 7.85. The Morgan fingerprint density at radius 3 is 2.34 bits per heavy atom. The number of nitriles is 1. The maximum Gasteiger partial charge on any atom is 0.161 e. The second-order valence-electron chi connectivity index (χ2n) is 7.55. The van der Waals surface area contributed by atoms with Crippen molar-refractivity contribution >= 4 is 23.1 Å². The van der Waals surface area contributed by atoms with Gasteiger partial charge in [0.2, 0.25) is 0 Å². The van der Waals surface area contributed by atoms with E-state index in [2.05, 4.69) is 6.07 Å². The summed E-state index contributed by atoms with van der Waals surface area (Å²) in [6.45, 7) is 1.88. The molecule has 0 bridgehead atoms. The summed E-state index contributed by atoms with van der Waals surface area (Å²) in [4.78, 5) is 18.0. The van der Waals surface area contributed by atoms with Gasteiger partial charge in [-0.15, -0.1) is 0 Å². The summed E-state index contributed by atoms with van der Waals surface area (Å²) in [7, 11) is 1.62. The number of halogens is 1. The number of hydrogen-bond donors (Lipinski definition) is 0. The highest BCUT2D eigenvalue weighted by Gasteiger charge is 2.41. The van der Waals surface area contributed by atoms with Crippen LogP contribution in [-0.4, -0.2) is 18.6 Å². The van der Waals surface area contributed by atoms with E-state index in [4.69, 9.17) is 21.3 Å². The summed E-state index contributed by atoms with van der Waals surface area (Å²) in [5.74, 6) is 0.152. The van der Waals surface area contributed by atoms with E-state index in [-0.39, 0.29) is 17.6 Å². The lowest BCUT2D eigenvalue weighted by molar-refractivity contribution is -0.116. The van der Waals surface area contributed by atoms with Crippen LogP contribution >= 0.6 is 11.6 Å². The van der Waals surface area contributed by atoms with Crippen LogP contribution in [0.25, 0.3) is 0 Å². The third-order valence-electron chi connectivity index (χ3n) is 5.84. The van der Waals surface area contributed by atoms with E-state index in [1.165, 1.54) is 0 Å². The van der Waals surface area contributed by atoms with Crippen molar-refractivity contribution in [3.8, 4) is 11.8 Å². The van der Waals surface area contributed by atoms with Crippen LogP contribution in [0.15, 0.2) is 64.8 Å². The van der Waals surface area contributed by atoms with Crippen LogP contribution in [0.1, 0.15) is 42.7 Å². The highest BCUT2D eigenvalue weighted by Crippen LogP contribution is 2.46. The number of aliphatic imine (C=N–C) groups is 1. The molecule has 1 aliphatic carbocycles. The number of Topliss-reactive ketones (excluding diaryl/α,β-unsaturated/α-hetero) is 1. The van der Waals surface area contributed by atoms with Gasteiger partial charge >= 0.3 is 0 Å². The lowest BCUT2D eigenvalue weighted by Crippen LogP contribution is -2.32. The molecule has 4 rings (SSSR count). The molecule has 3 atom stereocenters. The Hall–Kier alpha value is -2.90. The number of ether oxygens (including phenoxy) is 1. The topological polar surface area (TPSA) is 62.4 Å². The average molecular weight is 405 g/mol. The lowest BCUT2D eigenvalue weighted by Gasteiger charge is -2.35. The number of methoxy groups -OCH3 is 1. The Balaban J connectivity index is 1.76. The number of allylic oxidation sites excluding steroid dienone is 2. The van der Waals surface area contributed by atoms with Crippen molar-refractivity contribution in [1.29, 1.82) is 5.26 Å². The summed E-state index contributed by atoms with van der Waals surface area (Å²) in [6.07, 6.45) is 1.10. The van der Waals surface area contributed by atoms with Crippen molar-refractivity contribution in [3.05, 3.63) is 76.0 Å². The number of nitrogens with zero attached hydrogens (tertiary/aromatic N) is 2. The summed E-state index contributed by atoms with van der Waals surface area (Å²) < 4.78 is 5.25. The molecular formula is C24H21ClN2O2. The molecule has 0 N–H and O–H groups in total. The zero-order valence-corrected chi connectivity index (χ0v) is 17.1. The first-order valence-corrected chi connectivity index (χ1v) is 10.00. The molecule has 1 heterocycles. The van der Waals surface area contributed by atoms with E-state index in [9.17, 15) is 10.1 Å². The van der Waals surface area contributed by atoms with Crippen LogP contribution in [0, 0.1) is 17.2 Å². The first-order valence-electron chi connectivity index (χ1n) is 9.62. The Morgan fingerprint density at radius 1 is 1.07 bits per heavy atom. The largest absolute Gasteiger partial charge is 0.497 e. The van der Waals surface area contributed by atoms with Crippen LogP contribution in [0.4, 0.5) is 0 Å². The first kappa shape index (κ1) is 19.4. The van der Waals surface area contributed by atoms with Gasteiger partial charge in [0.05, 0.1) is 19.1 Å². The molecule has 0 fully saturated rings. The van der Waals surface area contributed by atoms with Gasteiger partial charge in [0.1, 0.15) is 5.75 Å². The highest BCUT2D eigenvalue weighted by atomic mass is 35.5. The average Bonchev–Trinajstić information content (AvgIpc) is 2.73. The van der Waals surface area contributed by atoms with E-state index in [0.29, 0.717) is 23.4 Å². The van der Waals surface area contributed by atoms with Crippen molar-refractivity contribution in [3.63, 3.8) is 0 Å². The van der Waals surface area contributed by atoms with Crippen LogP contribution < -0.4 is 4.74 Å². The SMILES string of the molecule is COc1ccc([C@H]2C3=C(C[C@H](c4ccc(Cl)cc4)CC3=O)N=C(C)C2C#N)cc1. The summed E-state index contributed by atoms with van der Waals surface area (Å²) >= 11 is 6.01. The van der Waals surface area contributed by atoms with Gasteiger partial charge in [-0.3, -0.25) is 9.79 Å². The number of carbonyl (C=O) groups is 1. The zero-order chi connectivity index (χ0) is 20.5. The predicted molar refractivity (Wildman–Crippen MR) is 113 cm³/mol. The lowest BCUT2D eigenvalue weighted by atomic mass is 9.69. The summed E-state index contributed by atoms with van der Waals surface area (Å²) in [5.41, 5.74) is 4.29. The molecule has 0 radical (unpaired) electrons. The van der Waals surface area contributed by atoms with E-state index >= 15 is 0 Å². The number of rotatable bonds is 3. The molecule has 0 aromatic heterocycles. The zero-order valence-electron chi connectivity index (χ0n) is 16.4. The van der Waals surface area contributed by atoms with Crippen LogP contribution in [0.5, 0.6) is 5.75 Å². The summed E-state index contributed by atoms with van der Waals surface area (Å²) in [5, 5.41) is 10.5. The minimum Gasteiger partial charge on any atom is -0.497 e. The molecule has 2 aliphatic rings. The predicted octanol–water partition coefficient (Wildman–Crippen LogP) is 5.45. The molecule has 1 unspecified atom stereocenters. The van der Waals surface area contributed by atoms with Crippen LogP contribution in [0.2, 0.25) is 5.02 Å². The minimum atomic E-state index is -0.446. The van der Waals surface area contributed by atoms with Gasteiger partial charge in [0.15, 0.2) is 5.78 Å². The van der Waals surface area contributed by atoms with Crippen LogP contribution in [-0.2, 0) is 4.79 Å². The molecule has 2 aromatic carbocycles. The minimum absolute atomic E-state index is 0.0727. The van der Waals surface area contributed by atoms with E-state index < -0.39 is 5.92 Å². The third-order valence-corrected chi connectivity index (χ3v) is 6.10. The maximum absolute atomic E-state index is 13.3. The monoisotopic (exact) mass is 404 g/mol. The standard InChI is InChI=1S/C24H21ClN2O2/c1-14-20(13-26)23(16-5-9-19(29-2)10-6-16)24-21(27-14)11-17(12-22(24)28)15-3-7-18(25)8-4-15/h3-10,17,20,23H,11-12H2,1-2H3/t17-,20?,23+/m0/s1. The third kappa shape index (κ3) is 3.59. The first-order chi connectivity index (χ1) is 14.0. The second-order valence-corrected chi connectivity index (χ2v) is 7.99. The fourth-order valence-corrected chi connectivity index (χ4v) is 4.49. The molecule has 29 heavy (non-hydrogen) atoms. The van der Waals surface area contributed by atoms with Crippen molar-refractivity contribution in [2.24, 2.45) is 10.9 Å².